The third-order valence-electron chi connectivity index (χ3n) is 3.25. The van der Waals surface area contributed by atoms with E-state index in [1.54, 1.807) is 0 Å². The third-order valence-corrected chi connectivity index (χ3v) is 5.77. The second kappa shape index (κ2) is 8.21. The van der Waals surface area contributed by atoms with Crippen molar-refractivity contribution < 1.29 is 26.9 Å². The summed E-state index contributed by atoms with van der Waals surface area (Å²) in [4.78, 5) is 11.4. The van der Waals surface area contributed by atoms with Gasteiger partial charge in [-0.05, 0) is 31.9 Å². The number of halogens is 3. The molecule has 0 bridgehead atoms. The highest BCUT2D eigenvalue weighted by atomic mass is 35.5. The molecular weight excluding hydrogens is 403 g/mol. The van der Waals surface area contributed by atoms with Crippen LogP contribution in [0.4, 0.5) is 0 Å². The van der Waals surface area contributed by atoms with Gasteiger partial charge >= 0.3 is 16.1 Å². The van der Waals surface area contributed by atoms with Gasteiger partial charge in [-0.2, -0.15) is 8.42 Å². The Labute approximate surface area is 155 Å². The molecule has 0 radical (unpaired) electrons. The zero-order valence-electron chi connectivity index (χ0n) is 12.6. The largest absolute Gasteiger partial charge is 0.461 e. The number of carbonyl (C=O) groups excluding carboxylic acids is 1. The Bertz CT molecular complexity index is 692. The lowest BCUT2D eigenvalue weighted by atomic mass is 10.2. The van der Waals surface area contributed by atoms with Gasteiger partial charge in [-0.25, -0.2) is 4.79 Å². The summed E-state index contributed by atoms with van der Waals surface area (Å²) in [5.41, 5.74) is 0. The number of hydrogen-bond donors (Lipinski definition) is 0. The van der Waals surface area contributed by atoms with Gasteiger partial charge in [0.1, 0.15) is 11.5 Å². The molecule has 0 aromatic heterocycles. The van der Waals surface area contributed by atoms with Crippen LogP contribution in [0, 0.1) is 0 Å². The van der Waals surface area contributed by atoms with Crippen molar-refractivity contribution in [1.29, 1.82) is 0 Å². The highest BCUT2D eigenvalue weighted by Crippen LogP contribution is 2.34. The van der Waals surface area contributed by atoms with Crippen LogP contribution in [0.2, 0.25) is 15.1 Å². The molecule has 0 spiro atoms. The van der Waals surface area contributed by atoms with Gasteiger partial charge in [-0.15, -0.1) is 0 Å². The molecule has 1 aliphatic heterocycles. The van der Waals surface area contributed by atoms with Crippen molar-refractivity contribution in [1.82, 2.24) is 0 Å². The Hall–Kier alpha value is -0.570. The van der Waals surface area contributed by atoms with Crippen LogP contribution in [0.5, 0.6) is 0 Å². The predicted octanol–water partition coefficient (Wildman–Crippen LogP) is 3.46. The zero-order chi connectivity index (χ0) is 17.9. The smallest absolute Gasteiger partial charge is 0.336 e. The molecule has 24 heavy (non-hydrogen) atoms. The molecule has 1 fully saturated rings. The predicted molar refractivity (Wildman–Crippen MR) is 89.1 cm³/mol. The van der Waals surface area contributed by atoms with Gasteiger partial charge in [0, 0.05) is 11.6 Å². The lowest BCUT2D eigenvalue weighted by Gasteiger charge is -2.16. The fraction of sp³-hybridized carbons (Fsp3) is 0.500. The van der Waals surface area contributed by atoms with E-state index in [1.807, 2.05) is 0 Å². The van der Waals surface area contributed by atoms with E-state index in [4.69, 9.17) is 48.5 Å². The van der Waals surface area contributed by atoms with Crippen molar-refractivity contribution in [3.63, 3.8) is 0 Å². The molecule has 1 aromatic rings. The molecule has 2 rings (SSSR count). The fourth-order valence-electron chi connectivity index (χ4n) is 2.11. The normalized spacial score (nSPS) is 19.2. The molecule has 6 nitrogen and oxygen atoms in total. The van der Waals surface area contributed by atoms with E-state index in [0.717, 1.165) is 12.8 Å². The fourth-order valence-corrected chi connectivity index (χ4v) is 4.65. The van der Waals surface area contributed by atoms with Gasteiger partial charge in [0.25, 0.3) is 0 Å². The van der Waals surface area contributed by atoms with Crippen LogP contribution in [0.25, 0.3) is 0 Å². The second-order valence-corrected chi connectivity index (χ2v) is 7.92. The Morgan fingerprint density at radius 2 is 1.96 bits per heavy atom. The molecule has 134 valence electrons. The zero-order valence-corrected chi connectivity index (χ0v) is 15.7. The van der Waals surface area contributed by atoms with Crippen molar-refractivity contribution in [3.8, 4) is 0 Å². The standard InChI is InChI=1S/C14H15Cl3O6S/c1-8(14(18)22-7-10-3-2-4-21-10)23-24(19,20)13-11(16)5-9(15)6-12(13)17/h5-6,8,10H,2-4,7H2,1H3. The SMILES string of the molecule is CC(OS(=O)(=O)c1c(Cl)cc(Cl)cc1Cl)C(=O)OCC1CCCO1. The van der Waals surface area contributed by atoms with Crippen molar-refractivity contribution in [2.45, 2.75) is 36.9 Å². The van der Waals surface area contributed by atoms with Crippen molar-refractivity contribution in [2.75, 3.05) is 13.2 Å². The maximum atomic E-state index is 12.3. The van der Waals surface area contributed by atoms with Gasteiger partial charge < -0.3 is 9.47 Å². The van der Waals surface area contributed by atoms with Gasteiger partial charge in [-0.1, -0.05) is 34.8 Å². The van der Waals surface area contributed by atoms with Crippen LogP contribution >= 0.6 is 34.8 Å². The summed E-state index contributed by atoms with van der Waals surface area (Å²) in [5.74, 6) is -0.824. The van der Waals surface area contributed by atoms with Crippen LogP contribution < -0.4 is 0 Å². The maximum absolute atomic E-state index is 12.3. The van der Waals surface area contributed by atoms with Crippen LogP contribution in [0.3, 0.4) is 0 Å². The number of hydrogen-bond acceptors (Lipinski definition) is 6. The highest BCUT2D eigenvalue weighted by Gasteiger charge is 2.30. The molecule has 1 aromatic carbocycles. The van der Waals surface area contributed by atoms with Gasteiger partial charge in [0.2, 0.25) is 0 Å². The molecular formula is C14H15Cl3O6S. The van der Waals surface area contributed by atoms with E-state index in [1.165, 1.54) is 19.1 Å². The van der Waals surface area contributed by atoms with Crippen LogP contribution in [0.1, 0.15) is 19.8 Å². The molecule has 0 aliphatic carbocycles. The number of esters is 1. The molecule has 0 N–H and O–H groups in total. The van der Waals surface area contributed by atoms with E-state index in [-0.39, 0.29) is 27.8 Å². The maximum Gasteiger partial charge on any atom is 0.336 e. The molecule has 1 saturated heterocycles. The summed E-state index contributed by atoms with van der Waals surface area (Å²) in [5, 5.41) is -0.229. The summed E-state index contributed by atoms with van der Waals surface area (Å²) in [7, 11) is -4.37. The molecule has 0 amide bonds. The monoisotopic (exact) mass is 416 g/mol. The van der Waals surface area contributed by atoms with Crippen LogP contribution in [0.15, 0.2) is 17.0 Å². The molecule has 1 aliphatic rings. The van der Waals surface area contributed by atoms with Crippen LogP contribution in [-0.4, -0.2) is 39.8 Å². The molecule has 2 atom stereocenters. The first-order valence-electron chi connectivity index (χ1n) is 7.07. The molecule has 10 heteroatoms. The Morgan fingerprint density at radius 1 is 1.33 bits per heavy atom. The van der Waals surface area contributed by atoms with E-state index in [0.29, 0.717) is 6.61 Å². The number of rotatable bonds is 6. The average Bonchev–Trinajstić information content (AvgIpc) is 2.95. The second-order valence-electron chi connectivity index (χ2n) is 5.16. The van der Waals surface area contributed by atoms with Gasteiger partial charge in [-0.3, -0.25) is 4.18 Å². The summed E-state index contributed by atoms with van der Waals surface area (Å²) in [6.45, 7) is 1.93. The Morgan fingerprint density at radius 3 is 2.50 bits per heavy atom. The first-order valence-corrected chi connectivity index (χ1v) is 9.61. The van der Waals surface area contributed by atoms with E-state index >= 15 is 0 Å². The van der Waals surface area contributed by atoms with Crippen LogP contribution in [-0.2, 0) is 28.6 Å². The van der Waals surface area contributed by atoms with E-state index in [2.05, 4.69) is 0 Å². The first kappa shape index (κ1) is 19.8. The van der Waals surface area contributed by atoms with Crippen molar-refractivity contribution in [3.05, 3.63) is 27.2 Å². The number of carbonyl (C=O) groups is 1. The Balaban J connectivity index is 2.04. The summed E-state index contributed by atoms with van der Waals surface area (Å²) >= 11 is 17.5. The lowest BCUT2D eigenvalue weighted by molar-refractivity contribution is -0.154. The quantitative estimate of drug-likeness (QED) is 0.521. The molecule has 0 saturated carbocycles. The lowest BCUT2D eigenvalue weighted by Crippen LogP contribution is -2.29. The molecule has 2 unspecified atom stereocenters. The third kappa shape index (κ3) is 4.97. The number of benzene rings is 1. The minimum absolute atomic E-state index is 0.0506. The first-order chi connectivity index (χ1) is 11.2. The minimum atomic E-state index is -4.37. The van der Waals surface area contributed by atoms with E-state index < -0.39 is 27.1 Å². The van der Waals surface area contributed by atoms with E-state index in [9.17, 15) is 13.2 Å². The Kier molecular flexibility index (Phi) is 6.75. The average molecular weight is 418 g/mol. The van der Waals surface area contributed by atoms with Crippen molar-refractivity contribution in [2.24, 2.45) is 0 Å². The minimum Gasteiger partial charge on any atom is -0.461 e. The van der Waals surface area contributed by atoms with Crippen molar-refractivity contribution >= 4 is 50.9 Å². The topological polar surface area (TPSA) is 78.9 Å². The summed E-state index contributed by atoms with van der Waals surface area (Å²) in [6, 6.07) is 2.43. The van der Waals surface area contributed by atoms with Gasteiger partial charge in [0.15, 0.2) is 6.10 Å². The summed E-state index contributed by atoms with van der Waals surface area (Å²) in [6.07, 6.45) is 0.157. The highest BCUT2D eigenvalue weighted by molar-refractivity contribution is 7.87. The summed E-state index contributed by atoms with van der Waals surface area (Å²) < 4.78 is 39.8. The number of ether oxygens (including phenoxy) is 2. The molecule has 1 heterocycles. The van der Waals surface area contributed by atoms with Gasteiger partial charge in [0.05, 0.1) is 16.1 Å².